The number of carbonyl (C=O) groups excluding carboxylic acids is 1. The summed E-state index contributed by atoms with van der Waals surface area (Å²) >= 11 is 0. The molecule has 0 aliphatic rings. The van der Waals surface area contributed by atoms with Gasteiger partial charge in [0.05, 0.1) is 5.41 Å². The van der Waals surface area contributed by atoms with Gasteiger partial charge in [0.2, 0.25) is 0 Å². The molecule has 1 N–H and O–H groups in total. The normalized spacial score (nSPS) is 10.9. The maximum Gasteiger partial charge on any atom is 0.337 e. The summed E-state index contributed by atoms with van der Waals surface area (Å²) in [6, 6.07) is 13.7. The molecule has 4 nitrogen and oxygen atoms in total. The first-order valence-electron chi connectivity index (χ1n) is 6.45. The van der Waals surface area contributed by atoms with Gasteiger partial charge in [0.1, 0.15) is 0 Å². The maximum atomic E-state index is 11.6. The highest BCUT2D eigenvalue weighted by Gasteiger charge is 2.23. The predicted molar refractivity (Wildman–Crippen MR) is 78.8 cm³/mol. The van der Waals surface area contributed by atoms with Gasteiger partial charge in [-0.05, 0) is 38.5 Å². The van der Waals surface area contributed by atoms with E-state index in [-0.39, 0.29) is 5.97 Å². The Kier molecular flexibility index (Phi) is 4.03. The number of benzene rings is 1. The number of hydrogen-bond acceptors (Lipinski definition) is 4. The van der Waals surface area contributed by atoms with E-state index in [0.717, 1.165) is 11.1 Å². The number of nitrogens with zero attached hydrogens (tertiary/aromatic N) is 1. The number of aromatic nitrogens is 1. The van der Waals surface area contributed by atoms with Crippen LogP contribution in [0.5, 0.6) is 0 Å². The van der Waals surface area contributed by atoms with Crippen molar-refractivity contribution in [2.75, 3.05) is 5.48 Å². The van der Waals surface area contributed by atoms with Crippen molar-refractivity contribution in [1.29, 1.82) is 0 Å². The van der Waals surface area contributed by atoms with E-state index in [2.05, 4.69) is 10.5 Å². The highest BCUT2D eigenvalue weighted by molar-refractivity contribution is 5.76. The van der Waals surface area contributed by atoms with E-state index in [1.54, 1.807) is 33.0 Å². The first-order valence-corrected chi connectivity index (χ1v) is 6.45. The van der Waals surface area contributed by atoms with Crippen molar-refractivity contribution in [1.82, 2.24) is 4.98 Å². The van der Waals surface area contributed by atoms with Gasteiger partial charge in [-0.15, -0.1) is 0 Å². The van der Waals surface area contributed by atoms with Crippen LogP contribution in [0.1, 0.15) is 20.8 Å². The molecule has 2 rings (SSSR count). The van der Waals surface area contributed by atoms with Gasteiger partial charge in [-0.1, -0.05) is 30.3 Å². The lowest BCUT2D eigenvalue weighted by Gasteiger charge is -2.16. The second-order valence-electron chi connectivity index (χ2n) is 5.54. The fraction of sp³-hybridized carbons (Fsp3) is 0.250. The van der Waals surface area contributed by atoms with E-state index in [9.17, 15) is 4.79 Å². The third-order valence-corrected chi connectivity index (χ3v) is 2.73. The summed E-state index contributed by atoms with van der Waals surface area (Å²) in [5.74, 6) is 0.175. The Bertz CT molecular complexity index is 572. The molecule has 4 heteroatoms. The Morgan fingerprint density at radius 2 is 1.75 bits per heavy atom. The third kappa shape index (κ3) is 3.57. The van der Waals surface area contributed by atoms with Crippen LogP contribution in [-0.4, -0.2) is 11.0 Å². The molecule has 0 saturated heterocycles. The summed E-state index contributed by atoms with van der Waals surface area (Å²) in [6.45, 7) is 5.38. The molecule has 1 heterocycles. The molecule has 0 aliphatic heterocycles. The number of hydrogen-bond donors (Lipinski definition) is 1. The highest BCUT2D eigenvalue weighted by atomic mass is 16.7. The molecule has 1 aromatic carbocycles. The van der Waals surface area contributed by atoms with Crippen molar-refractivity contribution in [3.63, 3.8) is 0 Å². The molecular formula is C16H18N2O2. The molecule has 0 amide bonds. The summed E-state index contributed by atoms with van der Waals surface area (Å²) in [6.07, 6.45) is 1.74. The zero-order valence-corrected chi connectivity index (χ0v) is 11.9. The van der Waals surface area contributed by atoms with Crippen LogP contribution in [0, 0.1) is 5.41 Å². The zero-order chi connectivity index (χ0) is 14.6. The summed E-state index contributed by atoms with van der Waals surface area (Å²) in [5.41, 5.74) is 4.13. The van der Waals surface area contributed by atoms with Crippen LogP contribution in [0.3, 0.4) is 0 Å². The summed E-state index contributed by atoms with van der Waals surface area (Å²) in [5, 5.41) is 0. The van der Waals surface area contributed by atoms with E-state index < -0.39 is 5.41 Å². The average Bonchev–Trinajstić information content (AvgIpc) is 2.45. The molecule has 20 heavy (non-hydrogen) atoms. The van der Waals surface area contributed by atoms with Gasteiger partial charge in [0, 0.05) is 11.8 Å². The van der Waals surface area contributed by atoms with Gasteiger partial charge in [-0.25, -0.2) is 15.3 Å². The number of carbonyl (C=O) groups is 1. The second-order valence-corrected chi connectivity index (χ2v) is 5.54. The van der Waals surface area contributed by atoms with Gasteiger partial charge >= 0.3 is 5.97 Å². The van der Waals surface area contributed by atoms with Gasteiger partial charge in [0.25, 0.3) is 0 Å². The van der Waals surface area contributed by atoms with E-state index in [0.29, 0.717) is 5.82 Å². The lowest BCUT2D eigenvalue weighted by molar-refractivity contribution is -0.149. The Labute approximate surface area is 118 Å². The highest BCUT2D eigenvalue weighted by Crippen LogP contribution is 2.19. The van der Waals surface area contributed by atoms with Gasteiger partial charge in [-0.2, -0.15) is 0 Å². The van der Waals surface area contributed by atoms with Gasteiger partial charge in [0.15, 0.2) is 5.82 Å². The van der Waals surface area contributed by atoms with Crippen LogP contribution in [0.15, 0.2) is 48.7 Å². The molecule has 0 atom stereocenters. The Balaban J connectivity index is 2.01. The van der Waals surface area contributed by atoms with Crippen LogP contribution in [0.4, 0.5) is 5.82 Å². The third-order valence-electron chi connectivity index (χ3n) is 2.73. The molecule has 0 spiro atoms. The summed E-state index contributed by atoms with van der Waals surface area (Å²) < 4.78 is 0. The van der Waals surface area contributed by atoms with Crippen molar-refractivity contribution in [3.05, 3.63) is 48.7 Å². The van der Waals surface area contributed by atoms with Crippen LogP contribution < -0.4 is 5.48 Å². The minimum atomic E-state index is -0.545. The van der Waals surface area contributed by atoms with Crippen LogP contribution >= 0.6 is 0 Å². The summed E-state index contributed by atoms with van der Waals surface area (Å²) in [7, 11) is 0. The van der Waals surface area contributed by atoms with Crippen LogP contribution in [0.25, 0.3) is 11.1 Å². The largest absolute Gasteiger partial charge is 0.341 e. The molecule has 0 saturated carbocycles. The molecule has 2 aromatic rings. The smallest absolute Gasteiger partial charge is 0.337 e. The topological polar surface area (TPSA) is 51.2 Å². The van der Waals surface area contributed by atoms with Crippen molar-refractivity contribution in [3.8, 4) is 11.1 Å². The van der Waals surface area contributed by atoms with Crippen LogP contribution in [-0.2, 0) is 9.63 Å². The molecular weight excluding hydrogens is 252 g/mol. The van der Waals surface area contributed by atoms with Crippen molar-refractivity contribution < 1.29 is 9.63 Å². The molecule has 0 bridgehead atoms. The Hall–Kier alpha value is -2.36. The van der Waals surface area contributed by atoms with Crippen molar-refractivity contribution >= 4 is 11.8 Å². The number of anilines is 1. The minimum Gasteiger partial charge on any atom is -0.341 e. The molecule has 0 fully saturated rings. The monoisotopic (exact) mass is 270 g/mol. The fourth-order valence-corrected chi connectivity index (χ4v) is 1.51. The van der Waals surface area contributed by atoms with E-state index in [1.807, 2.05) is 36.4 Å². The fourth-order valence-electron chi connectivity index (χ4n) is 1.51. The SMILES string of the molecule is CC(C)(C)C(=O)ONc1ccc(-c2ccccc2)cn1. The first kappa shape index (κ1) is 14.1. The lowest BCUT2D eigenvalue weighted by atomic mass is 9.98. The molecule has 0 unspecified atom stereocenters. The number of nitrogens with one attached hydrogen (secondary N) is 1. The first-order chi connectivity index (χ1) is 9.47. The quantitative estimate of drug-likeness (QED) is 0.865. The van der Waals surface area contributed by atoms with E-state index in [4.69, 9.17) is 4.84 Å². The van der Waals surface area contributed by atoms with E-state index in [1.165, 1.54) is 0 Å². The number of pyridine rings is 1. The minimum absolute atomic E-state index is 0.327. The standard InChI is InChI=1S/C16H18N2O2/c1-16(2,3)15(19)20-18-14-10-9-13(11-17-14)12-7-5-4-6-8-12/h4-11H,1-3H3,(H,17,18). The molecule has 0 aliphatic carbocycles. The zero-order valence-electron chi connectivity index (χ0n) is 11.9. The Morgan fingerprint density at radius 1 is 1.05 bits per heavy atom. The summed E-state index contributed by atoms with van der Waals surface area (Å²) in [4.78, 5) is 20.8. The Morgan fingerprint density at radius 3 is 2.30 bits per heavy atom. The molecule has 104 valence electrons. The second kappa shape index (κ2) is 5.74. The van der Waals surface area contributed by atoms with Crippen molar-refractivity contribution in [2.45, 2.75) is 20.8 Å². The van der Waals surface area contributed by atoms with E-state index >= 15 is 0 Å². The maximum absolute atomic E-state index is 11.6. The predicted octanol–water partition coefficient (Wildman–Crippen LogP) is 3.66. The van der Waals surface area contributed by atoms with Gasteiger partial charge < -0.3 is 4.84 Å². The molecule has 1 aromatic heterocycles. The average molecular weight is 270 g/mol. The number of rotatable bonds is 3. The van der Waals surface area contributed by atoms with Gasteiger partial charge in [-0.3, -0.25) is 0 Å². The van der Waals surface area contributed by atoms with Crippen molar-refractivity contribution in [2.24, 2.45) is 5.41 Å². The molecule has 0 radical (unpaired) electrons. The van der Waals surface area contributed by atoms with Crippen LogP contribution in [0.2, 0.25) is 0 Å². The lowest BCUT2D eigenvalue weighted by Crippen LogP contribution is -2.25.